The molecule has 3 nitrogen and oxygen atoms in total. The van der Waals surface area contributed by atoms with Crippen LogP contribution in [0.1, 0.15) is 77.8 Å². The summed E-state index contributed by atoms with van der Waals surface area (Å²) in [4.78, 5) is 17.5. The Balaban J connectivity index is 1.64. The lowest BCUT2D eigenvalue weighted by atomic mass is 9.83. The SMILES string of the molecule is CC(C)(C)c1csc(NC(=O)C2(SC3CCCCC3)CCC2)n1. The van der Waals surface area contributed by atoms with Crippen molar-refractivity contribution < 1.29 is 4.79 Å². The largest absolute Gasteiger partial charge is 0.301 e. The Morgan fingerprint density at radius 1 is 1.26 bits per heavy atom. The third-order valence-electron chi connectivity index (χ3n) is 5.01. The van der Waals surface area contributed by atoms with Gasteiger partial charge in [-0.05, 0) is 32.1 Å². The highest BCUT2D eigenvalue weighted by Crippen LogP contribution is 2.49. The highest BCUT2D eigenvalue weighted by atomic mass is 32.2. The Morgan fingerprint density at radius 3 is 2.48 bits per heavy atom. The van der Waals surface area contributed by atoms with E-state index >= 15 is 0 Å². The molecule has 0 aromatic carbocycles. The summed E-state index contributed by atoms with van der Waals surface area (Å²) in [5.74, 6) is 0.189. The quantitative estimate of drug-likeness (QED) is 0.792. The second-order valence-corrected chi connectivity index (χ2v) is 10.5. The number of hydrogen-bond donors (Lipinski definition) is 1. The van der Waals surface area contributed by atoms with E-state index < -0.39 is 0 Å². The Labute approximate surface area is 148 Å². The zero-order chi connectivity index (χ0) is 16.5. The van der Waals surface area contributed by atoms with E-state index in [-0.39, 0.29) is 16.1 Å². The smallest absolute Gasteiger partial charge is 0.242 e. The highest BCUT2D eigenvalue weighted by molar-refractivity contribution is 8.02. The van der Waals surface area contributed by atoms with Gasteiger partial charge >= 0.3 is 0 Å². The summed E-state index contributed by atoms with van der Waals surface area (Å²) in [6.45, 7) is 6.46. The van der Waals surface area contributed by atoms with Gasteiger partial charge in [-0.3, -0.25) is 4.79 Å². The van der Waals surface area contributed by atoms with Crippen LogP contribution < -0.4 is 5.32 Å². The van der Waals surface area contributed by atoms with Crippen molar-refractivity contribution in [2.24, 2.45) is 0 Å². The number of carbonyl (C=O) groups is 1. The molecule has 0 unspecified atom stereocenters. The molecular formula is C18H28N2OS2. The molecule has 2 fully saturated rings. The average molecular weight is 353 g/mol. The van der Waals surface area contributed by atoms with Gasteiger partial charge in [0.2, 0.25) is 5.91 Å². The van der Waals surface area contributed by atoms with E-state index in [1.807, 2.05) is 11.8 Å². The molecule has 2 saturated carbocycles. The third-order valence-corrected chi connectivity index (χ3v) is 7.62. The maximum atomic E-state index is 12.9. The molecule has 5 heteroatoms. The lowest BCUT2D eigenvalue weighted by Crippen LogP contribution is -2.47. The van der Waals surface area contributed by atoms with Crippen LogP contribution in [0, 0.1) is 0 Å². The number of nitrogens with zero attached hydrogens (tertiary/aromatic N) is 1. The van der Waals surface area contributed by atoms with Crippen molar-refractivity contribution in [2.45, 2.75) is 87.5 Å². The van der Waals surface area contributed by atoms with Crippen LogP contribution in [0.15, 0.2) is 5.38 Å². The molecule has 1 amide bonds. The number of amides is 1. The van der Waals surface area contributed by atoms with Gasteiger partial charge in [-0.1, -0.05) is 40.0 Å². The Hall–Kier alpha value is -0.550. The van der Waals surface area contributed by atoms with E-state index in [9.17, 15) is 4.79 Å². The minimum atomic E-state index is -0.185. The second kappa shape index (κ2) is 6.75. The van der Waals surface area contributed by atoms with Crippen molar-refractivity contribution in [1.29, 1.82) is 0 Å². The van der Waals surface area contributed by atoms with Gasteiger partial charge in [-0.25, -0.2) is 4.98 Å². The molecule has 0 aliphatic heterocycles. The average Bonchev–Trinajstić information content (AvgIpc) is 2.92. The lowest BCUT2D eigenvalue weighted by Gasteiger charge is -2.42. The first kappa shape index (κ1) is 17.3. The summed E-state index contributed by atoms with van der Waals surface area (Å²) in [5, 5.41) is 6.62. The zero-order valence-corrected chi connectivity index (χ0v) is 16.1. The van der Waals surface area contributed by atoms with Crippen LogP contribution in [0.25, 0.3) is 0 Å². The van der Waals surface area contributed by atoms with Crippen LogP contribution in [-0.4, -0.2) is 20.9 Å². The number of anilines is 1. The van der Waals surface area contributed by atoms with Crippen molar-refractivity contribution in [3.05, 3.63) is 11.1 Å². The summed E-state index contributed by atoms with van der Waals surface area (Å²) in [7, 11) is 0. The molecule has 0 radical (unpaired) electrons. The second-order valence-electron chi connectivity index (χ2n) is 7.97. The molecular weight excluding hydrogens is 324 g/mol. The fourth-order valence-corrected chi connectivity index (χ4v) is 6.11. The van der Waals surface area contributed by atoms with Gasteiger partial charge in [-0.2, -0.15) is 0 Å². The summed E-state index contributed by atoms with van der Waals surface area (Å²) in [6, 6.07) is 0. The van der Waals surface area contributed by atoms with Crippen molar-refractivity contribution in [3.8, 4) is 0 Å². The van der Waals surface area contributed by atoms with E-state index in [4.69, 9.17) is 0 Å². The minimum absolute atomic E-state index is 0.0322. The van der Waals surface area contributed by atoms with Gasteiger partial charge < -0.3 is 5.32 Å². The van der Waals surface area contributed by atoms with Crippen LogP contribution in [0.4, 0.5) is 5.13 Å². The fourth-order valence-electron chi connectivity index (χ4n) is 3.28. The van der Waals surface area contributed by atoms with Crippen molar-refractivity contribution in [1.82, 2.24) is 4.98 Å². The molecule has 2 aliphatic carbocycles. The highest BCUT2D eigenvalue weighted by Gasteiger charge is 2.46. The van der Waals surface area contributed by atoms with Crippen LogP contribution in [0.5, 0.6) is 0 Å². The Morgan fingerprint density at radius 2 is 1.96 bits per heavy atom. The Kier molecular flexibility index (Phi) is 5.07. The molecule has 128 valence electrons. The van der Waals surface area contributed by atoms with E-state index in [0.29, 0.717) is 5.25 Å². The van der Waals surface area contributed by atoms with Crippen molar-refractivity contribution in [2.75, 3.05) is 5.32 Å². The maximum absolute atomic E-state index is 12.9. The lowest BCUT2D eigenvalue weighted by molar-refractivity contribution is -0.120. The molecule has 0 atom stereocenters. The number of aromatic nitrogens is 1. The number of thiazole rings is 1. The van der Waals surface area contributed by atoms with E-state index in [2.05, 4.69) is 36.5 Å². The molecule has 0 bridgehead atoms. The molecule has 0 spiro atoms. The van der Waals surface area contributed by atoms with Crippen LogP contribution >= 0.6 is 23.1 Å². The molecule has 0 saturated heterocycles. The first-order valence-electron chi connectivity index (χ1n) is 8.84. The van der Waals surface area contributed by atoms with Gasteiger partial charge in [0.15, 0.2) is 5.13 Å². The number of nitrogens with one attached hydrogen (secondary N) is 1. The maximum Gasteiger partial charge on any atom is 0.242 e. The zero-order valence-electron chi connectivity index (χ0n) is 14.5. The summed E-state index contributed by atoms with van der Waals surface area (Å²) in [6.07, 6.45) is 9.82. The van der Waals surface area contributed by atoms with E-state index in [0.717, 1.165) is 23.7 Å². The molecule has 1 aromatic rings. The molecule has 23 heavy (non-hydrogen) atoms. The van der Waals surface area contributed by atoms with Crippen molar-refractivity contribution in [3.63, 3.8) is 0 Å². The van der Waals surface area contributed by atoms with Crippen LogP contribution in [0.3, 0.4) is 0 Å². The van der Waals surface area contributed by atoms with Gasteiger partial charge in [-0.15, -0.1) is 23.1 Å². The van der Waals surface area contributed by atoms with Crippen LogP contribution in [0.2, 0.25) is 0 Å². The number of carbonyl (C=O) groups excluding carboxylic acids is 1. The summed E-state index contributed by atoms with van der Waals surface area (Å²) < 4.78 is -0.185. The topological polar surface area (TPSA) is 42.0 Å². The molecule has 3 rings (SSSR count). The minimum Gasteiger partial charge on any atom is -0.301 e. The predicted molar refractivity (Wildman–Crippen MR) is 100 cm³/mol. The van der Waals surface area contributed by atoms with Crippen molar-refractivity contribution >= 4 is 34.1 Å². The monoisotopic (exact) mass is 352 g/mol. The standard InChI is InChI=1S/C18H28N2OS2/c1-17(2,3)14-12-22-16(19-14)20-15(21)18(10-7-11-18)23-13-8-5-4-6-9-13/h12-13H,4-11H2,1-3H3,(H,19,20,21). The molecule has 1 aromatic heterocycles. The van der Waals surface area contributed by atoms with Gasteiger partial charge in [0.1, 0.15) is 0 Å². The van der Waals surface area contributed by atoms with Gasteiger partial charge in [0.05, 0.1) is 10.4 Å². The summed E-state index contributed by atoms with van der Waals surface area (Å²) >= 11 is 3.51. The predicted octanol–water partition coefficient (Wildman–Crippen LogP) is 5.37. The summed E-state index contributed by atoms with van der Waals surface area (Å²) in [5.41, 5.74) is 1.09. The van der Waals surface area contributed by atoms with Crippen LogP contribution in [-0.2, 0) is 10.2 Å². The normalized spacial score (nSPS) is 21.7. The fraction of sp³-hybridized carbons (Fsp3) is 0.778. The number of rotatable bonds is 4. The first-order valence-corrected chi connectivity index (χ1v) is 10.6. The number of thioether (sulfide) groups is 1. The van der Waals surface area contributed by atoms with E-state index in [1.54, 1.807) is 11.3 Å². The van der Waals surface area contributed by atoms with E-state index in [1.165, 1.54) is 38.5 Å². The molecule has 2 aliphatic rings. The first-order chi connectivity index (χ1) is 10.9. The Bertz CT molecular complexity index is 552. The molecule has 1 N–H and O–H groups in total. The van der Waals surface area contributed by atoms with Gasteiger partial charge in [0.25, 0.3) is 0 Å². The molecule has 1 heterocycles. The van der Waals surface area contributed by atoms with Gasteiger partial charge in [0, 0.05) is 16.0 Å². The third kappa shape index (κ3) is 3.93. The number of hydrogen-bond acceptors (Lipinski definition) is 4.